The quantitative estimate of drug-likeness (QED) is 0.579. The van der Waals surface area contributed by atoms with Gasteiger partial charge in [0.05, 0.1) is 7.11 Å². The Bertz CT molecular complexity index is 866. The molecule has 0 aliphatic heterocycles. The van der Waals surface area contributed by atoms with Gasteiger partial charge in [-0.2, -0.15) is 0 Å². The SMILES string of the molecule is COC(=O)C(NC(=O)OC(C)(C)C)C(O)c1cc(Br)ccc1OCc1ccccc1. The number of alkyl carbamates (subject to hydrolysis) is 1. The summed E-state index contributed by atoms with van der Waals surface area (Å²) >= 11 is 3.36. The number of rotatable bonds is 7. The number of carbonyl (C=O) groups is 2. The van der Waals surface area contributed by atoms with Crippen LogP contribution in [0.15, 0.2) is 53.0 Å². The Balaban J connectivity index is 2.27. The highest BCUT2D eigenvalue weighted by atomic mass is 79.9. The van der Waals surface area contributed by atoms with Gasteiger partial charge in [0, 0.05) is 10.0 Å². The van der Waals surface area contributed by atoms with Crippen LogP contribution in [0.5, 0.6) is 5.75 Å². The number of carbonyl (C=O) groups excluding carboxylic acids is 2. The molecule has 0 saturated carbocycles. The number of hydrogen-bond acceptors (Lipinski definition) is 6. The average Bonchev–Trinajstić information content (AvgIpc) is 2.69. The minimum Gasteiger partial charge on any atom is -0.489 e. The van der Waals surface area contributed by atoms with Gasteiger partial charge in [-0.3, -0.25) is 0 Å². The van der Waals surface area contributed by atoms with Crippen molar-refractivity contribution in [1.29, 1.82) is 0 Å². The van der Waals surface area contributed by atoms with Crippen molar-refractivity contribution in [3.8, 4) is 5.75 Å². The molecule has 2 unspecified atom stereocenters. The maximum atomic E-state index is 12.3. The molecule has 7 nitrogen and oxygen atoms in total. The standard InChI is InChI=1S/C22H26BrNO6/c1-22(2,3)30-21(27)24-18(20(26)28-4)19(25)16-12-15(23)10-11-17(16)29-13-14-8-6-5-7-9-14/h5-12,18-19,25H,13H2,1-4H3,(H,24,27). The molecular formula is C22H26BrNO6. The van der Waals surface area contributed by atoms with Crippen molar-refractivity contribution in [2.45, 2.75) is 45.1 Å². The summed E-state index contributed by atoms with van der Waals surface area (Å²) < 4.78 is 16.5. The first-order valence-electron chi connectivity index (χ1n) is 9.32. The smallest absolute Gasteiger partial charge is 0.408 e. The van der Waals surface area contributed by atoms with E-state index in [0.29, 0.717) is 15.8 Å². The summed E-state index contributed by atoms with van der Waals surface area (Å²) in [6.45, 7) is 5.35. The number of methoxy groups -OCH3 is 1. The molecule has 2 atom stereocenters. The number of nitrogens with one attached hydrogen (secondary N) is 1. The Morgan fingerprint density at radius 1 is 1.13 bits per heavy atom. The summed E-state index contributed by atoms with van der Waals surface area (Å²) in [6.07, 6.45) is -2.29. The van der Waals surface area contributed by atoms with E-state index >= 15 is 0 Å². The molecule has 0 radical (unpaired) electrons. The summed E-state index contributed by atoms with van der Waals surface area (Å²) in [6, 6.07) is 13.2. The van der Waals surface area contributed by atoms with Gasteiger partial charge in [-0.25, -0.2) is 9.59 Å². The van der Waals surface area contributed by atoms with Crippen LogP contribution in [0.25, 0.3) is 0 Å². The van der Waals surface area contributed by atoms with Crippen LogP contribution < -0.4 is 10.1 Å². The largest absolute Gasteiger partial charge is 0.489 e. The van der Waals surface area contributed by atoms with Crippen LogP contribution in [0.3, 0.4) is 0 Å². The maximum absolute atomic E-state index is 12.3. The second-order valence-electron chi connectivity index (χ2n) is 7.55. The molecule has 2 aromatic rings. The van der Waals surface area contributed by atoms with Gasteiger partial charge in [0.2, 0.25) is 0 Å². The third kappa shape index (κ3) is 7.03. The number of amides is 1. The number of benzene rings is 2. The summed E-state index contributed by atoms with van der Waals surface area (Å²) in [5.74, 6) is -0.447. The van der Waals surface area contributed by atoms with Crippen molar-refractivity contribution in [1.82, 2.24) is 5.32 Å². The number of aliphatic hydroxyl groups is 1. The fourth-order valence-corrected chi connectivity index (χ4v) is 3.00. The van der Waals surface area contributed by atoms with Crippen LogP contribution in [0.1, 0.15) is 38.0 Å². The van der Waals surface area contributed by atoms with E-state index in [1.54, 1.807) is 39.0 Å². The van der Waals surface area contributed by atoms with Crippen molar-refractivity contribution in [3.63, 3.8) is 0 Å². The number of ether oxygens (including phenoxy) is 3. The lowest BCUT2D eigenvalue weighted by Crippen LogP contribution is -2.47. The van der Waals surface area contributed by atoms with Gasteiger partial charge >= 0.3 is 12.1 Å². The predicted molar refractivity (Wildman–Crippen MR) is 115 cm³/mol. The molecule has 0 aromatic heterocycles. The van der Waals surface area contributed by atoms with Gasteiger partial charge in [-0.05, 0) is 44.5 Å². The lowest BCUT2D eigenvalue weighted by molar-refractivity contribution is -0.146. The molecule has 0 bridgehead atoms. The van der Waals surface area contributed by atoms with Crippen molar-refractivity contribution in [2.24, 2.45) is 0 Å². The van der Waals surface area contributed by atoms with Crippen LogP contribution in [0.4, 0.5) is 4.79 Å². The van der Waals surface area contributed by atoms with Gasteiger partial charge < -0.3 is 24.6 Å². The first-order chi connectivity index (χ1) is 14.1. The van der Waals surface area contributed by atoms with E-state index in [9.17, 15) is 14.7 Å². The molecule has 2 N–H and O–H groups in total. The average molecular weight is 480 g/mol. The molecule has 0 saturated heterocycles. The minimum atomic E-state index is -1.44. The minimum absolute atomic E-state index is 0.268. The number of aliphatic hydroxyl groups excluding tert-OH is 1. The molecule has 0 spiro atoms. The summed E-state index contributed by atoms with van der Waals surface area (Å²) in [7, 11) is 1.17. The zero-order chi connectivity index (χ0) is 22.3. The number of esters is 1. The first-order valence-corrected chi connectivity index (χ1v) is 10.1. The fraction of sp³-hybridized carbons (Fsp3) is 0.364. The third-order valence-corrected chi connectivity index (χ3v) is 4.46. The summed E-state index contributed by atoms with van der Waals surface area (Å²) in [4.78, 5) is 24.5. The highest BCUT2D eigenvalue weighted by Gasteiger charge is 2.34. The second kappa shape index (κ2) is 10.4. The lowest BCUT2D eigenvalue weighted by atomic mass is 10.0. The molecule has 162 valence electrons. The van der Waals surface area contributed by atoms with Crippen molar-refractivity contribution in [2.75, 3.05) is 7.11 Å². The Morgan fingerprint density at radius 3 is 2.40 bits per heavy atom. The van der Waals surface area contributed by atoms with E-state index in [2.05, 4.69) is 21.2 Å². The Hall–Kier alpha value is -2.58. The normalized spacial score (nSPS) is 13.1. The van der Waals surface area contributed by atoms with Crippen LogP contribution in [-0.4, -0.2) is 35.9 Å². The van der Waals surface area contributed by atoms with Gasteiger partial charge in [-0.15, -0.1) is 0 Å². The lowest BCUT2D eigenvalue weighted by Gasteiger charge is -2.26. The van der Waals surface area contributed by atoms with E-state index in [-0.39, 0.29) is 6.61 Å². The molecule has 30 heavy (non-hydrogen) atoms. The third-order valence-electron chi connectivity index (χ3n) is 3.97. The Kier molecular flexibility index (Phi) is 8.25. The van der Waals surface area contributed by atoms with Gasteiger partial charge in [0.15, 0.2) is 6.04 Å². The molecule has 8 heteroatoms. The van der Waals surface area contributed by atoms with Gasteiger partial charge in [0.1, 0.15) is 24.1 Å². The van der Waals surface area contributed by atoms with E-state index < -0.39 is 29.8 Å². The number of hydrogen-bond donors (Lipinski definition) is 2. The Labute approximate surface area is 184 Å². The second-order valence-corrected chi connectivity index (χ2v) is 8.46. The molecule has 0 aliphatic carbocycles. The Morgan fingerprint density at radius 2 is 1.80 bits per heavy atom. The molecular weight excluding hydrogens is 454 g/mol. The predicted octanol–water partition coefficient (Wildman–Crippen LogP) is 4.13. The zero-order valence-electron chi connectivity index (χ0n) is 17.3. The van der Waals surface area contributed by atoms with E-state index in [1.807, 2.05) is 30.3 Å². The van der Waals surface area contributed by atoms with E-state index in [1.165, 1.54) is 7.11 Å². The van der Waals surface area contributed by atoms with Crippen LogP contribution in [-0.2, 0) is 20.9 Å². The molecule has 0 aliphatic rings. The molecule has 1 amide bonds. The number of halogens is 1. The topological polar surface area (TPSA) is 94.1 Å². The van der Waals surface area contributed by atoms with Gasteiger partial charge in [-0.1, -0.05) is 46.3 Å². The highest BCUT2D eigenvalue weighted by Crippen LogP contribution is 2.31. The van der Waals surface area contributed by atoms with Crippen LogP contribution >= 0.6 is 15.9 Å². The molecule has 0 heterocycles. The van der Waals surface area contributed by atoms with Crippen LogP contribution in [0.2, 0.25) is 0 Å². The van der Waals surface area contributed by atoms with E-state index in [0.717, 1.165) is 5.56 Å². The maximum Gasteiger partial charge on any atom is 0.408 e. The van der Waals surface area contributed by atoms with Crippen molar-refractivity contribution in [3.05, 3.63) is 64.1 Å². The first kappa shape index (κ1) is 23.7. The molecule has 2 rings (SSSR count). The molecule has 2 aromatic carbocycles. The van der Waals surface area contributed by atoms with E-state index in [4.69, 9.17) is 14.2 Å². The van der Waals surface area contributed by atoms with Crippen LogP contribution in [0, 0.1) is 0 Å². The van der Waals surface area contributed by atoms with Crippen molar-refractivity contribution >= 4 is 28.0 Å². The summed E-state index contributed by atoms with van der Waals surface area (Å²) in [5, 5.41) is 13.3. The zero-order valence-corrected chi connectivity index (χ0v) is 18.9. The highest BCUT2D eigenvalue weighted by molar-refractivity contribution is 9.10. The van der Waals surface area contributed by atoms with Gasteiger partial charge in [0.25, 0.3) is 0 Å². The summed E-state index contributed by atoms with van der Waals surface area (Å²) in [5.41, 5.74) is 0.485. The molecule has 0 fully saturated rings. The van der Waals surface area contributed by atoms with Crippen molar-refractivity contribution < 1.29 is 28.9 Å². The fourth-order valence-electron chi connectivity index (χ4n) is 2.63. The monoisotopic (exact) mass is 479 g/mol.